The van der Waals surface area contributed by atoms with Crippen LogP contribution in [0.5, 0.6) is 5.75 Å². The van der Waals surface area contributed by atoms with Crippen molar-refractivity contribution in [2.75, 3.05) is 0 Å². The lowest BCUT2D eigenvalue weighted by Gasteiger charge is -2.13. The molecule has 1 N–H and O–H groups in total. The Morgan fingerprint density at radius 2 is 1.64 bits per heavy atom. The molecule has 0 spiro atoms. The Bertz CT molecular complexity index is 933. The molecule has 3 aromatic rings. The van der Waals surface area contributed by atoms with Crippen LogP contribution >= 0.6 is 0 Å². The van der Waals surface area contributed by atoms with Crippen LogP contribution in [0.4, 0.5) is 0 Å². The van der Waals surface area contributed by atoms with Gasteiger partial charge in [-0.15, -0.1) is 0 Å². The largest absolute Gasteiger partial charge is 0.490 e. The van der Waals surface area contributed by atoms with Crippen LogP contribution in [-0.2, 0) is 4.79 Å². The van der Waals surface area contributed by atoms with Gasteiger partial charge in [0.15, 0.2) is 0 Å². The topological polar surface area (TPSA) is 46.5 Å². The predicted molar refractivity (Wildman–Crippen MR) is 102 cm³/mol. The number of hydrogen-bond acceptors (Lipinski definition) is 2. The van der Waals surface area contributed by atoms with Gasteiger partial charge in [-0.2, -0.15) is 0 Å². The monoisotopic (exact) mass is 332 g/mol. The van der Waals surface area contributed by atoms with Crippen molar-refractivity contribution in [3.63, 3.8) is 0 Å². The van der Waals surface area contributed by atoms with Crippen molar-refractivity contribution in [2.45, 2.75) is 20.0 Å². The van der Waals surface area contributed by atoms with E-state index in [1.165, 1.54) is 0 Å². The van der Waals surface area contributed by atoms with E-state index in [0.29, 0.717) is 11.3 Å². The number of carbonyl (C=O) groups is 1. The number of aliphatic carboxylic acids is 1. The maximum Gasteiger partial charge on any atom is 0.336 e. The summed E-state index contributed by atoms with van der Waals surface area (Å²) in [7, 11) is 0. The molecule has 0 amide bonds. The van der Waals surface area contributed by atoms with Gasteiger partial charge in [-0.05, 0) is 42.3 Å². The van der Waals surface area contributed by atoms with Gasteiger partial charge in [-0.25, -0.2) is 4.79 Å². The molecule has 0 saturated heterocycles. The van der Waals surface area contributed by atoms with E-state index < -0.39 is 5.97 Å². The first-order valence-electron chi connectivity index (χ1n) is 8.25. The van der Waals surface area contributed by atoms with Gasteiger partial charge in [-0.1, -0.05) is 60.7 Å². The zero-order valence-corrected chi connectivity index (χ0v) is 14.3. The highest BCUT2D eigenvalue weighted by Crippen LogP contribution is 2.29. The molecule has 0 unspecified atom stereocenters. The number of carboxylic acids is 1. The Hall–Kier alpha value is -3.07. The van der Waals surface area contributed by atoms with E-state index in [4.69, 9.17) is 4.74 Å². The van der Waals surface area contributed by atoms with E-state index in [1.807, 2.05) is 80.6 Å². The molecule has 0 heterocycles. The summed E-state index contributed by atoms with van der Waals surface area (Å²) >= 11 is 0. The molecule has 0 aliphatic rings. The van der Waals surface area contributed by atoms with Gasteiger partial charge in [0.25, 0.3) is 0 Å². The quantitative estimate of drug-likeness (QED) is 0.512. The summed E-state index contributed by atoms with van der Waals surface area (Å²) in [5, 5.41) is 11.7. The van der Waals surface area contributed by atoms with E-state index in [9.17, 15) is 9.90 Å². The van der Waals surface area contributed by atoms with Crippen LogP contribution in [0, 0.1) is 0 Å². The van der Waals surface area contributed by atoms with Crippen LogP contribution in [0.3, 0.4) is 0 Å². The zero-order chi connectivity index (χ0) is 17.8. The Morgan fingerprint density at radius 3 is 2.40 bits per heavy atom. The fraction of sp³-hybridized carbons (Fsp3) is 0.136. The standard InChI is InChI=1S/C22H20O3/c1-15(2)25-21-13-6-4-9-17(21)14-20(22(23)24)19-12-7-10-16-8-3-5-11-18(16)19/h3-15H,1-2H3,(H,23,24)/b20-14-. The van der Waals surface area contributed by atoms with Crippen LogP contribution in [0.2, 0.25) is 0 Å². The minimum Gasteiger partial charge on any atom is -0.490 e. The minimum absolute atomic E-state index is 0.0142. The molecule has 3 heteroatoms. The van der Waals surface area contributed by atoms with Crippen molar-refractivity contribution in [2.24, 2.45) is 0 Å². The summed E-state index contributed by atoms with van der Waals surface area (Å²) in [5.74, 6) is -0.285. The molecule has 0 aliphatic heterocycles. The molecule has 126 valence electrons. The van der Waals surface area contributed by atoms with Gasteiger partial charge in [0, 0.05) is 5.56 Å². The van der Waals surface area contributed by atoms with E-state index in [-0.39, 0.29) is 11.7 Å². The van der Waals surface area contributed by atoms with Crippen molar-refractivity contribution in [1.82, 2.24) is 0 Å². The average molecular weight is 332 g/mol. The van der Waals surface area contributed by atoms with Gasteiger partial charge in [-0.3, -0.25) is 0 Å². The first kappa shape index (κ1) is 16.8. The van der Waals surface area contributed by atoms with E-state index in [0.717, 1.165) is 16.3 Å². The van der Waals surface area contributed by atoms with Crippen LogP contribution in [-0.4, -0.2) is 17.2 Å². The fourth-order valence-electron chi connectivity index (χ4n) is 2.83. The number of ether oxygens (including phenoxy) is 1. The molecule has 0 atom stereocenters. The molecule has 3 aromatic carbocycles. The Kier molecular flexibility index (Phi) is 4.85. The fourth-order valence-corrected chi connectivity index (χ4v) is 2.83. The molecule has 3 rings (SSSR count). The van der Waals surface area contributed by atoms with Crippen molar-refractivity contribution in [3.8, 4) is 5.75 Å². The van der Waals surface area contributed by atoms with Crippen LogP contribution in [0.15, 0.2) is 66.7 Å². The van der Waals surface area contributed by atoms with E-state index in [1.54, 1.807) is 6.08 Å². The number of benzene rings is 3. The number of hydrogen-bond donors (Lipinski definition) is 1. The summed E-state index contributed by atoms with van der Waals surface area (Å²) in [6.45, 7) is 3.90. The molecule has 3 nitrogen and oxygen atoms in total. The van der Waals surface area contributed by atoms with Crippen LogP contribution in [0.1, 0.15) is 25.0 Å². The third kappa shape index (κ3) is 3.72. The molecule has 0 aromatic heterocycles. The highest BCUT2D eigenvalue weighted by molar-refractivity contribution is 6.24. The Morgan fingerprint density at radius 1 is 0.960 bits per heavy atom. The molecule has 0 aliphatic carbocycles. The lowest BCUT2D eigenvalue weighted by atomic mass is 9.96. The lowest BCUT2D eigenvalue weighted by Crippen LogP contribution is -2.07. The van der Waals surface area contributed by atoms with E-state index in [2.05, 4.69) is 0 Å². The Balaban J connectivity index is 2.17. The maximum atomic E-state index is 12.0. The highest BCUT2D eigenvalue weighted by Gasteiger charge is 2.15. The third-order valence-corrected chi connectivity index (χ3v) is 3.89. The van der Waals surface area contributed by atoms with Gasteiger partial charge in [0.1, 0.15) is 5.75 Å². The highest BCUT2D eigenvalue weighted by atomic mass is 16.5. The maximum absolute atomic E-state index is 12.0. The Labute approximate surface area is 147 Å². The first-order chi connectivity index (χ1) is 12.1. The van der Waals surface area contributed by atoms with Crippen molar-refractivity contribution in [1.29, 1.82) is 0 Å². The number of fused-ring (bicyclic) bond motifs is 1. The van der Waals surface area contributed by atoms with Crippen molar-refractivity contribution < 1.29 is 14.6 Å². The number of rotatable bonds is 5. The smallest absolute Gasteiger partial charge is 0.336 e. The summed E-state index contributed by atoms with van der Waals surface area (Å²) in [6.07, 6.45) is 1.70. The predicted octanol–water partition coefficient (Wildman–Crippen LogP) is 5.25. The summed E-state index contributed by atoms with van der Waals surface area (Å²) < 4.78 is 5.81. The van der Waals surface area contributed by atoms with Crippen molar-refractivity contribution in [3.05, 3.63) is 77.9 Å². The first-order valence-corrected chi connectivity index (χ1v) is 8.25. The normalized spacial score (nSPS) is 11.7. The van der Waals surface area contributed by atoms with Crippen molar-refractivity contribution >= 4 is 28.4 Å². The van der Waals surface area contributed by atoms with Crippen LogP contribution in [0.25, 0.3) is 22.4 Å². The van der Waals surface area contributed by atoms with Gasteiger partial charge < -0.3 is 9.84 Å². The second-order valence-corrected chi connectivity index (χ2v) is 6.09. The molecule has 0 bridgehead atoms. The van der Waals surface area contributed by atoms with Gasteiger partial charge >= 0.3 is 5.97 Å². The molecule has 0 radical (unpaired) electrons. The second kappa shape index (κ2) is 7.22. The summed E-state index contributed by atoms with van der Waals surface area (Å²) in [6, 6.07) is 21.0. The third-order valence-electron chi connectivity index (χ3n) is 3.89. The average Bonchev–Trinajstić information content (AvgIpc) is 2.60. The van der Waals surface area contributed by atoms with Crippen LogP contribution < -0.4 is 4.74 Å². The molecular formula is C22H20O3. The number of para-hydroxylation sites is 1. The second-order valence-electron chi connectivity index (χ2n) is 6.09. The summed E-state index contributed by atoms with van der Waals surface area (Å²) in [5.41, 5.74) is 1.70. The summed E-state index contributed by atoms with van der Waals surface area (Å²) in [4.78, 5) is 12.0. The molecule has 0 fully saturated rings. The van der Waals surface area contributed by atoms with Gasteiger partial charge in [0.05, 0.1) is 11.7 Å². The lowest BCUT2D eigenvalue weighted by molar-refractivity contribution is -0.130. The van der Waals surface area contributed by atoms with E-state index >= 15 is 0 Å². The zero-order valence-electron chi connectivity index (χ0n) is 14.3. The molecular weight excluding hydrogens is 312 g/mol. The molecule has 25 heavy (non-hydrogen) atoms. The van der Waals surface area contributed by atoms with Gasteiger partial charge in [0.2, 0.25) is 0 Å². The minimum atomic E-state index is -0.962. The molecule has 0 saturated carbocycles. The SMILES string of the molecule is CC(C)Oc1ccccc1/C=C(\C(=O)O)c1cccc2ccccc12. The number of carboxylic acid groups (broad SMARTS) is 1.